The molecule has 0 aliphatic carbocycles. The van der Waals surface area contributed by atoms with E-state index in [1.54, 1.807) is 6.92 Å². The van der Waals surface area contributed by atoms with Crippen molar-refractivity contribution in [3.8, 4) is 0 Å². The van der Waals surface area contributed by atoms with Crippen LogP contribution in [-0.2, 0) is 14.6 Å². The van der Waals surface area contributed by atoms with Crippen molar-refractivity contribution >= 4 is 15.9 Å². The third kappa shape index (κ3) is 5.75. The van der Waals surface area contributed by atoms with Gasteiger partial charge in [0.1, 0.15) is 0 Å². The van der Waals surface area contributed by atoms with E-state index in [0.717, 1.165) is 0 Å². The molecule has 0 unspecified atom stereocenters. The molecule has 0 radical (unpaired) electrons. The zero-order valence-corrected chi connectivity index (χ0v) is 12.0. The Morgan fingerprint density at radius 2 is 2.21 bits per heavy atom. The SMILES string of the molecule is CCOC(=O)N(CCO)CCN[C@H]1CCS(=O)(=O)C1. The van der Waals surface area contributed by atoms with Crippen molar-refractivity contribution in [2.45, 2.75) is 19.4 Å². The summed E-state index contributed by atoms with van der Waals surface area (Å²) in [5.41, 5.74) is 0. The second kappa shape index (κ2) is 7.66. The highest BCUT2D eigenvalue weighted by molar-refractivity contribution is 7.91. The van der Waals surface area contributed by atoms with Crippen LogP contribution in [0.4, 0.5) is 4.79 Å². The number of carbonyl (C=O) groups excluding carboxylic acids is 1. The van der Waals surface area contributed by atoms with Gasteiger partial charge < -0.3 is 20.1 Å². The van der Waals surface area contributed by atoms with Crippen molar-refractivity contribution in [2.75, 3.05) is 44.4 Å². The Kier molecular flexibility index (Phi) is 6.53. The van der Waals surface area contributed by atoms with Gasteiger partial charge in [0, 0.05) is 25.7 Å². The quantitative estimate of drug-likeness (QED) is 0.639. The zero-order valence-electron chi connectivity index (χ0n) is 11.2. The summed E-state index contributed by atoms with van der Waals surface area (Å²) in [6, 6.07) is -0.0387. The van der Waals surface area contributed by atoms with E-state index in [4.69, 9.17) is 9.84 Å². The number of nitrogens with one attached hydrogen (secondary N) is 1. The fraction of sp³-hybridized carbons (Fsp3) is 0.909. The molecule has 0 saturated carbocycles. The lowest BCUT2D eigenvalue weighted by Gasteiger charge is -2.22. The van der Waals surface area contributed by atoms with Gasteiger partial charge in [-0.05, 0) is 13.3 Å². The minimum Gasteiger partial charge on any atom is -0.450 e. The number of sulfone groups is 1. The van der Waals surface area contributed by atoms with Gasteiger partial charge in [-0.3, -0.25) is 0 Å². The van der Waals surface area contributed by atoms with E-state index in [0.29, 0.717) is 19.5 Å². The van der Waals surface area contributed by atoms with Gasteiger partial charge >= 0.3 is 6.09 Å². The number of hydrogen-bond donors (Lipinski definition) is 2. The predicted octanol–water partition coefficient (Wildman–Crippen LogP) is -0.786. The maximum absolute atomic E-state index is 11.5. The van der Waals surface area contributed by atoms with Crippen molar-refractivity contribution in [1.82, 2.24) is 10.2 Å². The summed E-state index contributed by atoms with van der Waals surface area (Å²) >= 11 is 0. The van der Waals surface area contributed by atoms with Crippen LogP contribution in [0.25, 0.3) is 0 Å². The minimum absolute atomic E-state index is 0.0387. The van der Waals surface area contributed by atoms with Gasteiger partial charge in [-0.25, -0.2) is 13.2 Å². The molecule has 1 aliphatic rings. The van der Waals surface area contributed by atoms with Gasteiger partial charge in [0.25, 0.3) is 0 Å². The number of rotatable bonds is 7. The predicted molar refractivity (Wildman–Crippen MR) is 70.7 cm³/mol. The molecule has 1 saturated heterocycles. The first-order chi connectivity index (χ1) is 8.98. The second-order valence-electron chi connectivity index (χ2n) is 4.46. The molecular formula is C11H22N2O5S. The third-order valence-electron chi connectivity index (χ3n) is 2.94. The number of aliphatic hydroxyl groups excluding tert-OH is 1. The maximum atomic E-state index is 11.5. The van der Waals surface area contributed by atoms with E-state index in [9.17, 15) is 13.2 Å². The fourth-order valence-electron chi connectivity index (χ4n) is 1.99. The molecule has 8 heteroatoms. The fourth-order valence-corrected chi connectivity index (χ4v) is 3.70. The number of amides is 1. The summed E-state index contributed by atoms with van der Waals surface area (Å²) in [6.07, 6.45) is 0.152. The molecule has 1 atom stereocenters. The largest absolute Gasteiger partial charge is 0.450 e. The Morgan fingerprint density at radius 3 is 2.74 bits per heavy atom. The molecule has 1 aliphatic heterocycles. The topological polar surface area (TPSA) is 95.9 Å². The number of hydrogen-bond acceptors (Lipinski definition) is 6. The Labute approximate surface area is 113 Å². The van der Waals surface area contributed by atoms with Crippen LogP contribution in [0.3, 0.4) is 0 Å². The summed E-state index contributed by atoms with van der Waals surface area (Å²) in [4.78, 5) is 12.9. The maximum Gasteiger partial charge on any atom is 0.409 e. The van der Waals surface area contributed by atoms with Crippen LogP contribution in [0.1, 0.15) is 13.3 Å². The Bertz CT molecular complexity index is 385. The van der Waals surface area contributed by atoms with Crippen LogP contribution in [0, 0.1) is 0 Å². The highest BCUT2D eigenvalue weighted by Crippen LogP contribution is 2.10. The standard InChI is InChI=1S/C11H22N2O5S/c1-2-18-11(15)13(6-7-14)5-4-12-10-3-8-19(16,17)9-10/h10,12,14H,2-9H2,1H3/t10-/m0/s1. The van der Waals surface area contributed by atoms with E-state index < -0.39 is 15.9 Å². The molecule has 7 nitrogen and oxygen atoms in total. The third-order valence-corrected chi connectivity index (χ3v) is 4.71. The van der Waals surface area contributed by atoms with Crippen LogP contribution < -0.4 is 5.32 Å². The first kappa shape index (κ1) is 16.2. The zero-order chi connectivity index (χ0) is 14.3. The lowest BCUT2D eigenvalue weighted by molar-refractivity contribution is 0.0984. The van der Waals surface area contributed by atoms with Crippen molar-refractivity contribution in [2.24, 2.45) is 0 Å². The van der Waals surface area contributed by atoms with Crippen molar-refractivity contribution in [3.63, 3.8) is 0 Å². The highest BCUT2D eigenvalue weighted by Gasteiger charge is 2.27. The number of nitrogens with zero attached hydrogens (tertiary/aromatic N) is 1. The smallest absolute Gasteiger partial charge is 0.409 e. The average molecular weight is 294 g/mol. The first-order valence-corrected chi connectivity index (χ1v) is 8.27. The van der Waals surface area contributed by atoms with Gasteiger partial charge in [-0.1, -0.05) is 0 Å². The molecule has 2 N–H and O–H groups in total. The lowest BCUT2D eigenvalue weighted by atomic mass is 10.2. The van der Waals surface area contributed by atoms with Gasteiger partial charge in [0.15, 0.2) is 9.84 Å². The van der Waals surface area contributed by atoms with Gasteiger partial charge in [0.2, 0.25) is 0 Å². The molecule has 1 rings (SSSR count). The normalized spacial score (nSPS) is 21.3. The summed E-state index contributed by atoms with van der Waals surface area (Å²) in [6.45, 7) is 2.96. The monoisotopic (exact) mass is 294 g/mol. The number of carbonyl (C=O) groups is 1. The first-order valence-electron chi connectivity index (χ1n) is 6.45. The van der Waals surface area contributed by atoms with Gasteiger partial charge in [-0.2, -0.15) is 0 Å². The van der Waals surface area contributed by atoms with Crippen LogP contribution in [0.2, 0.25) is 0 Å². The molecule has 0 aromatic carbocycles. The van der Waals surface area contributed by atoms with Crippen LogP contribution >= 0.6 is 0 Å². The van der Waals surface area contributed by atoms with Crippen molar-refractivity contribution in [1.29, 1.82) is 0 Å². The van der Waals surface area contributed by atoms with Crippen molar-refractivity contribution in [3.05, 3.63) is 0 Å². The Hall–Kier alpha value is -0.860. The van der Waals surface area contributed by atoms with Crippen LogP contribution in [0.15, 0.2) is 0 Å². The molecule has 1 fully saturated rings. The van der Waals surface area contributed by atoms with Crippen molar-refractivity contribution < 1.29 is 23.1 Å². The molecule has 1 amide bonds. The minimum atomic E-state index is -2.89. The van der Waals surface area contributed by atoms with Gasteiger partial charge in [0.05, 0.1) is 24.7 Å². The lowest BCUT2D eigenvalue weighted by Crippen LogP contribution is -2.41. The number of ether oxygens (including phenoxy) is 1. The summed E-state index contributed by atoms with van der Waals surface area (Å²) in [5.74, 6) is 0.384. The molecule has 0 aromatic heterocycles. The Balaban J connectivity index is 2.30. The molecule has 0 aromatic rings. The molecule has 0 spiro atoms. The van der Waals surface area contributed by atoms with Crippen LogP contribution in [-0.4, -0.2) is 74.9 Å². The van der Waals surface area contributed by atoms with Gasteiger partial charge in [-0.15, -0.1) is 0 Å². The Morgan fingerprint density at radius 1 is 1.47 bits per heavy atom. The molecule has 0 bridgehead atoms. The average Bonchev–Trinajstić information content (AvgIpc) is 2.68. The number of aliphatic hydroxyl groups is 1. The highest BCUT2D eigenvalue weighted by atomic mass is 32.2. The summed E-state index contributed by atoms with van der Waals surface area (Å²) in [5, 5.41) is 12.0. The van der Waals surface area contributed by atoms with E-state index in [1.165, 1.54) is 4.90 Å². The summed E-state index contributed by atoms with van der Waals surface area (Å²) < 4.78 is 27.4. The summed E-state index contributed by atoms with van der Waals surface area (Å²) in [7, 11) is -2.89. The van der Waals surface area contributed by atoms with E-state index in [2.05, 4.69) is 5.32 Å². The molecule has 19 heavy (non-hydrogen) atoms. The van der Waals surface area contributed by atoms with E-state index in [-0.39, 0.29) is 37.3 Å². The molecule has 1 heterocycles. The van der Waals surface area contributed by atoms with Crippen LogP contribution in [0.5, 0.6) is 0 Å². The van der Waals surface area contributed by atoms with E-state index in [1.807, 2.05) is 0 Å². The van der Waals surface area contributed by atoms with E-state index >= 15 is 0 Å². The second-order valence-corrected chi connectivity index (χ2v) is 6.69. The molecule has 112 valence electrons. The molecular weight excluding hydrogens is 272 g/mol.